The Morgan fingerprint density at radius 2 is 2.35 bits per heavy atom. The molecule has 1 aliphatic rings. The smallest absolute Gasteiger partial charge is 0.123 e. The van der Waals surface area contributed by atoms with Crippen molar-refractivity contribution in [1.29, 1.82) is 0 Å². The molecule has 3 rings (SSSR count). The number of rotatable bonds is 5. The molecule has 0 amide bonds. The first-order valence-electron chi connectivity index (χ1n) is 6.81. The second-order valence-electron chi connectivity index (χ2n) is 5.04. The van der Waals surface area contributed by atoms with E-state index < -0.39 is 0 Å². The van der Waals surface area contributed by atoms with Gasteiger partial charge in [0.25, 0.3) is 0 Å². The van der Waals surface area contributed by atoms with Gasteiger partial charge in [-0.25, -0.2) is 4.98 Å². The largest absolute Gasteiger partial charge is 0.496 e. The first-order chi connectivity index (χ1) is 9.76. The number of aromatic amines is 1. The zero-order valence-electron chi connectivity index (χ0n) is 11.8. The van der Waals surface area contributed by atoms with E-state index in [1.165, 1.54) is 5.56 Å². The Labute approximate surface area is 118 Å². The molecule has 0 saturated heterocycles. The highest BCUT2D eigenvalue weighted by atomic mass is 16.5. The van der Waals surface area contributed by atoms with Crippen LogP contribution in [-0.2, 0) is 19.5 Å². The normalized spacial score (nSPS) is 16.8. The van der Waals surface area contributed by atoms with Crippen LogP contribution in [0.15, 0.2) is 24.5 Å². The highest BCUT2D eigenvalue weighted by molar-refractivity contribution is 5.48. The third kappa shape index (κ3) is 2.63. The molecule has 2 heterocycles. The predicted octanol–water partition coefficient (Wildman–Crippen LogP) is 2.03. The van der Waals surface area contributed by atoms with E-state index in [9.17, 15) is 0 Å². The lowest BCUT2D eigenvalue weighted by molar-refractivity contribution is 0.254. The summed E-state index contributed by atoms with van der Waals surface area (Å²) in [6.45, 7) is 3.50. The Morgan fingerprint density at radius 3 is 3.10 bits per heavy atom. The number of methoxy groups -OCH3 is 1. The van der Waals surface area contributed by atoms with E-state index >= 15 is 0 Å². The Kier molecular flexibility index (Phi) is 3.60. The van der Waals surface area contributed by atoms with Gasteiger partial charge in [0.05, 0.1) is 13.7 Å². The van der Waals surface area contributed by atoms with Crippen LogP contribution in [0.25, 0.3) is 0 Å². The maximum atomic E-state index is 5.80. The summed E-state index contributed by atoms with van der Waals surface area (Å²) in [7, 11) is 1.71. The molecule has 2 N–H and O–H groups in total. The number of nitrogens with one attached hydrogen (secondary N) is 2. The molecule has 20 heavy (non-hydrogen) atoms. The van der Waals surface area contributed by atoms with Crippen LogP contribution in [-0.4, -0.2) is 23.2 Å². The molecule has 5 nitrogen and oxygen atoms in total. The van der Waals surface area contributed by atoms with E-state index in [0.29, 0.717) is 6.54 Å². The first-order valence-corrected chi connectivity index (χ1v) is 6.81. The van der Waals surface area contributed by atoms with Crippen molar-refractivity contribution in [2.75, 3.05) is 7.11 Å². The molecule has 0 fully saturated rings. The van der Waals surface area contributed by atoms with Crippen LogP contribution in [0.4, 0.5) is 0 Å². The highest BCUT2D eigenvalue weighted by Gasteiger charge is 2.21. The molecule has 0 unspecified atom stereocenters. The highest BCUT2D eigenvalue weighted by Crippen LogP contribution is 2.34. The maximum Gasteiger partial charge on any atom is 0.123 e. The van der Waals surface area contributed by atoms with Crippen LogP contribution in [0.1, 0.15) is 23.9 Å². The molecule has 0 spiro atoms. The number of H-pyrrole nitrogens is 1. The molecule has 1 atom stereocenters. The molecule has 0 radical (unpaired) electrons. The number of benzene rings is 1. The van der Waals surface area contributed by atoms with Crippen molar-refractivity contribution >= 4 is 0 Å². The van der Waals surface area contributed by atoms with Crippen LogP contribution >= 0.6 is 0 Å². The third-order valence-electron chi connectivity index (χ3n) is 3.46. The Balaban J connectivity index is 1.70. The average molecular weight is 273 g/mol. The SMILES string of the molecule is COc1cc2c(cc1CNCc1ncc[nH]1)O[C@@H](C)C2. The second-order valence-corrected chi connectivity index (χ2v) is 5.04. The number of nitrogens with zero attached hydrogens (tertiary/aromatic N) is 1. The van der Waals surface area contributed by atoms with Crippen molar-refractivity contribution in [2.24, 2.45) is 0 Å². The molecular formula is C15H19N3O2. The standard InChI is InChI=1S/C15H19N3O2/c1-10-5-11-6-13(19-2)12(7-14(11)20-10)8-16-9-15-17-3-4-18-15/h3-4,6-7,10,16H,5,8-9H2,1-2H3,(H,17,18)/t10-/m0/s1. The summed E-state index contributed by atoms with van der Waals surface area (Å²) < 4.78 is 11.3. The van der Waals surface area contributed by atoms with Gasteiger partial charge >= 0.3 is 0 Å². The third-order valence-corrected chi connectivity index (χ3v) is 3.46. The molecule has 106 valence electrons. The fourth-order valence-corrected chi connectivity index (χ4v) is 2.52. The van der Waals surface area contributed by atoms with Crippen LogP contribution in [0.5, 0.6) is 11.5 Å². The fraction of sp³-hybridized carbons (Fsp3) is 0.400. The van der Waals surface area contributed by atoms with E-state index in [1.54, 1.807) is 13.3 Å². The molecular weight excluding hydrogens is 254 g/mol. The van der Waals surface area contributed by atoms with Crippen molar-refractivity contribution < 1.29 is 9.47 Å². The number of imidazole rings is 1. The van der Waals surface area contributed by atoms with Gasteiger partial charge in [-0.05, 0) is 19.1 Å². The number of hydrogen-bond donors (Lipinski definition) is 2. The molecule has 5 heteroatoms. The van der Waals surface area contributed by atoms with Crippen LogP contribution in [0.2, 0.25) is 0 Å². The zero-order chi connectivity index (χ0) is 13.9. The topological polar surface area (TPSA) is 59.2 Å². The lowest BCUT2D eigenvalue weighted by Crippen LogP contribution is -2.14. The van der Waals surface area contributed by atoms with Crippen molar-refractivity contribution in [3.05, 3.63) is 41.5 Å². The molecule has 0 bridgehead atoms. The van der Waals surface area contributed by atoms with Crippen LogP contribution in [0, 0.1) is 0 Å². The van der Waals surface area contributed by atoms with Crippen molar-refractivity contribution in [3.8, 4) is 11.5 Å². The van der Waals surface area contributed by atoms with Gasteiger partial charge in [-0.1, -0.05) is 0 Å². The number of fused-ring (bicyclic) bond motifs is 1. The van der Waals surface area contributed by atoms with E-state index in [2.05, 4.69) is 34.3 Å². The van der Waals surface area contributed by atoms with E-state index in [0.717, 1.165) is 35.9 Å². The van der Waals surface area contributed by atoms with Gasteiger partial charge in [-0.2, -0.15) is 0 Å². The van der Waals surface area contributed by atoms with Crippen molar-refractivity contribution in [1.82, 2.24) is 15.3 Å². The van der Waals surface area contributed by atoms with Gasteiger partial charge in [0.2, 0.25) is 0 Å². The molecule has 0 aliphatic carbocycles. The summed E-state index contributed by atoms with van der Waals surface area (Å²) in [5.41, 5.74) is 2.33. The minimum Gasteiger partial charge on any atom is -0.496 e. The summed E-state index contributed by atoms with van der Waals surface area (Å²) in [6, 6.07) is 4.16. The Morgan fingerprint density at radius 1 is 1.45 bits per heavy atom. The van der Waals surface area contributed by atoms with Crippen molar-refractivity contribution in [2.45, 2.75) is 32.5 Å². The van der Waals surface area contributed by atoms with Gasteiger partial charge in [0.15, 0.2) is 0 Å². The van der Waals surface area contributed by atoms with E-state index in [1.807, 2.05) is 6.20 Å². The van der Waals surface area contributed by atoms with Gasteiger partial charge < -0.3 is 19.8 Å². The predicted molar refractivity (Wildman–Crippen MR) is 75.9 cm³/mol. The number of ether oxygens (including phenoxy) is 2. The summed E-state index contributed by atoms with van der Waals surface area (Å²) in [4.78, 5) is 7.25. The van der Waals surface area contributed by atoms with Crippen LogP contribution in [0.3, 0.4) is 0 Å². The Bertz CT molecular complexity index is 581. The molecule has 1 aliphatic heterocycles. The van der Waals surface area contributed by atoms with Gasteiger partial charge in [0, 0.05) is 36.5 Å². The minimum absolute atomic E-state index is 0.251. The van der Waals surface area contributed by atoms with Crippen LogP contribution < -0.4 is 14.8 Å². The van der Waals surface area contributed by atoms with Gasteiger partial charge in [0.1, 0.15) is 23.4 Å². The summed E-state index contributed by atoms with van der Waals surface area (Å²) in [6.07, 6.45) is 4.78. The first kappa shape index (κ1) is 13.0. The number of aromatic nitrogens is 2. The quantitative estimate of drug-likeness (QED) is 0.875. The summed E-state index contributed by atoms with van der Waals surface area (Å²) >= 11 is 0. The fourth-order valence-electron chi connectivity index (χ4n) is 2.52. The van der Waals surface area contributed by atoms with Crippen molar-refractivity contribution in [3.63, 3.8) is 0 Å². The molecule has 1 aromatic heterocycles. The summed E-state index contributed by atoms with van der Waals surface area (Å²) in [5, 5.41) is 3.35. The molecule has 1 aromatic carbocycles. The number of hydrogen-bond acceptors (Lipinski definition) is 4. The monoisotopic (exact) mass is 273 g/mol. The second kappa shape index (κ2) is 5.54. The summed E-state index contributed by atoms with van der Waals surface area (Å²) in [5.74, 6) is 2.82. The Hall–Kier alpha value is -2.01. The maximum absolute atomic E-state index is 5.80. The molecule has 0 saturated carbocycles. The lowest BCUT2D eigenvalue weighted by atomic mass is 10.1. The lowest BCUT2D eigenvalue weighted by Gasteiger charge is -2.11. The van der Waals surface area contributed by atoms with Gasteiger partial charge in [-0.3, -0.25) is 0 Å². The van der Waals surface area contributed by atoms with E-state index in [4.69, 9.17) is 9.47 Å². The average Bonchev–Trinajstić information content (AvgIpc) is 3.05. The molecule has 2 aromatic rings. The zero-order valence-corrected chi connectivity index (χ0v) is 11.8. The van der Waals surface area contributed by atoms with Gasteiger partial charge in [-0.15, -0.1) is 0 Å². The van der Waals surface area contributed by atoms with E-state index in [-0.39, 0.29) is 6.10 Å². The minimum atomic E-state index is 0.251.